The predicted molar refractivity (Wildman–Crippen MR) is 99.4 cm³/mol. The van der Waals surface area contributed by atoms with Gasteiger partial charge in [0.1, 0.15) is 0 Å². The van der Waals surface area contributed by atoms with E-state index in [1.807, 2.05) is 13.2 Å². The van der Waals surface area contributed by atoms with Crippen molar-refractivity contribution in [3.05, 3.63) is 58.0 Å². The molecule has 0 saturated carbocycles. The maximum Gasteiger partial charge on any atom is 0.0968 e. The summed E-state index contributed by atoms with van der Waals surface area (Å²) in [4.78, 5) is 2.38. The zero-order chi connectivity index (χ0) is 17.4. The molecule has 1 aliphatic heterocycles. The fourth-order valence-electron chi connectivity index (χ4n) is 3.45. The zero-order valence-electron chi connectivity index (χ0n) is 14.6. The first-order valence-electron chi connectivity index (χ1n) is 8.70. The standard InChI is InChI=1S/C19H22ClN5/c1-3-13-4-6-14(7-5-13)19-15-10-25(9-8-17(15)21-22-19)12-18-16(20)11-24(2)23-18/h4-7,11H,3,8-10,12H2,1-2H3,(H,21,22). The van der Waals surface area contributed by atoms with Crippen molar-refractivity contribution >= 4 is 11.6 Å². The topological polar surface area (TPSA) is 49.7 Å². The Labute approximate surface area is 152 Å². The van der Waals surface area contributed by atoms with Crippen molar-refractivity contribution in [1.29, 1.82) is 0 Å². The molecule has 2 aromatic heterocycles. The van der Waals surface area contributed by atoms with Gasteiger partial charge in [-0.05, 0) is 12.0 Å². The molecule has 0 unspecified atom stereocenters. The van der Waals surface area contributed by atoms with E-state index in [1.165, 1.54) is 22.4 Å². The van der Waals surface area contributed by atoms with E-state index in [1.54, 1.807) is 4.68 Å². The lowest BCUT2D eigenvalue weighted by atomic mass is 10.00. The monoisotopic (exact) mass is 355 g/mol. The van der Waals surface area contributed by atoms with Gasteiger partial charge in [0.25, 0.3) is 0 Å². The van der Waals surface area contributed by atoms with Gasteiger partial charge in [0.15, 0.2) is 0 Å². The summed E-state index contributed by atoms with van der Waals surface area (Å²) >= 11 is 6.27. The molecule has 0 radical (unpaired) electrons. The number of aromatic amines is 1. The summed E-state index contributed by atoms with van der Waals surface area (Å²) < 4.78 is 1.77. The number of hydrogen-bond donors (Lipinski definition) is 1. The number of nitrogens with zero attached hydrogens (tertiary/aromatic N) is 4. The Morgan fingerprint density at radius 2 is 2.04 bits per heavy atom. The summed E-state index contributed by atoms with van der Waals surface area (Å²) in [5, 5.41) is 13.0. The van der Waals surface area contributed by atoms with E-state index in [0.29, 0.717) is 0 Å². The summed E-state index contributed by atoms with van der Waals surface area (Å²) in [5.74, 6) is 0. The molecule has 0 amide bonds. The third kappa shape index (κ3) is 3.22. The largest absolute Gasteiger partial charge is 0.293 e. The van der Waals surface area contributed by atoms with Crippen LogP contribution in [0.15, 0.2) is 30.5 Å². The third-order valence-electron chi connectivity index (χ3n) is 4.88. The highest BCUT2D eigenvalue weighted by molar-refractivity contribution is 6.31. The second-order valence-corrected chi connectivity index (χ2v) is 7.05. The smallest absolute Gasteiger partial charge is 0.0968 e. The molecule has 6 heteroatoms. The van der Waals surface area contributed by atoms with Gasteiger partial charge in [0.2, 0.25) is 0 Å². The molecule has 0 atom stereocenters. The van der Waals surface area contributed by atoms with Gasteiger partial charge >= 0.3 is 0 Å². The highest BCUT2D eigenvalue weighted by Crippen LogP contribution is 2.29. The minimum absolute atomic E-state index is 0.732. The Morgan fingerprint density at radius 3 is 2.72 bits per heavy atom. The van der Waals surface area contributed by atoms with Crippen LogP contribution in [0.3, 0.4) is 0 Å². The Balaban J connectivity index is 1.57. The number of fused-ring (bicyclic) bond motifs is 1. The molecule has 1 aliphatic rings. The molecule has 130 valence electrons. The Kier molecular flexibility index (Phi) is 4.36. The molecule has 0 saturated heterocycles. The Bertz CT molecular complexity index is 878. The van der Waals surface area contributed by atoms with E-state index in [0.717, 1.165) is 48.9 Å². The van der Waals surface area contributed by atoms with Crippen LogP contribution in [0.2, 0.25) is 5.02 Å². The minimum atomic E-state index is 0.732. The van der Waals surface area contributed by atoms with Crippen LogP contribution in [0.25, 0.3) is 11.3 Å². The van der Waals surface area contributed by atoms with E-state index < -0.39 is 0 Å². The number of nitrogens with one attached hydrogen (secondary N) is 1. The predicted octanol–water partition coefficient (Wildman–Crippen LogP) is 3.58. The molecule has 25 heavy (non-hydrogen) atoms. The fraction of sp³-hybridized carbons (Fsp3) is 0.368. The van der Waals surface area contributed by atoms with Crippen LogP contribution in [0.1, 0.15) is 29.4 Å². The minimum Gasteiger partial charge on any atom is -0.293 e. The molecule has 0 aliphatic carbocycles. The first-order valence-corrected chi connectivity index (χ1v) is 9.07. The molecule has 4 rings (SSSR count). The number of aromatic nitrogens is 4. The van der Waals surface area contributed by atoms with Crippen LogP contribution in [-0.4, -0.2) is 31.4 Å². The Morgan fingerprint density at radius 1 is 1.24 bits per heavy atom. The average Bonchev–Trinajstić information content (AvgIpc) is 3.17. The fourth-order valence-corrected chi connectivity index (χ4v) is 3.69. The maximum absolute atomic E-state index is 6.27. The van der Waals surface area contributed by atoms with E-state index in [9.17, 15) is 0 Å². The van der Waals surface area contributed by atoms with E-state index in [4.69, 9.17) is 11.6 Å². The molecule has 3 aromatic rings. The lowest BCUT2D eigenvalue weighted by Crippen LogP contribution is -2.30. The van der Waals surface area contributed by atoms with Crippen LogP contribution in [0.4, 0.5) is 0 Å². The van der Waals surface area contributed by atoms with Crippen LogP contribution in [-0.2, 0) is 33.0 Å². The third-order valence-corrected chi connectivity index (χ3v) is 5.19. The molecular formula is C19H22ClN5. The maximum atomic E-state index is 6.27. The SMILES string of the molecule is CCc1ccc(-c2n[nH]c3c2CN(Cc2nn(C)cc2Cl)CC3)cc1. The van der Waals surface area contributed by atoms with Crippen molar-refractivity contribution in [1.82, 2.24) is 24.9 Å². The zero-order valence-corrected chi connectivity index (χ0v) is 15.3. The number of benzene rings is 1. The van der Waals surface area contributed by atoms with Gasteiger partial charge in [-0.2, -0.15) is 10.2 Å². The average molecular weight is 356 g/mol. The van der Waals surface area contributed by atoms with Gasteiger partial charge in [-0.25, -0.2) is 0 Å². The number of hydrogen-bond acceptors (Lipinski definition) is 3. The number of halogens is 1. The molecule has 1 aromatic carbocycles. The van der Waals surface area contributed by atoms with Gasteiger partial charge in [-0.1, -0.05) is 42.8 Å². The normalized spacial score (nSPS) is 14.7. The molecule has 0 bridgehead atoms. The van der Waals surface area contributed by atoms with Crippen molar-refractivity contribution in [2.45, 2.75) is 32.9 Å². The van der Waals surface area contributed by atoms with Crippen LogP contribution < -0.4 is 0 Å². The lowest BCUT2D eigenvalue weighted by molar-refractivity contribution is 0.241. The summed E-state index contributed by atoms with van der Waals surface area (Å²) in [6.45, 7) is 4.78. The van der Waals surface area contributed by atoms with Gasteiger partial charge in [-0.15, -0.1) is 0 Å². The molecule has 0 spiro atoms. The summed E-state index contributed by atoms with van der Waals surface area (Å²) in [6, 6.07) is 8.71. The molecule has 5 nitrogen and oxygen atoms in total. The first-order chi connectivity index (χ1) is 12.1. The number of rotatable bonds is 4. The quantitative estimate of drug-likeness (QED) is 0.778. The summed E-state index contributed by atoms with van der Waals surface area (Å²) in [6.07, 6.45) is 3.88. The number of H-pyrrole nitrogens is 1. The van der Waals surface area contributed by atoms with Gasteiger partial charge in [0, 0.05) is 56.1 Å². The van der Waals surface area contributed by atoms with Crippen molar-refractivity contribution in [3.8, 4) is 11.3 Å². The van der Waals surface area contributed by atoms with Gasteiger partial charge in [0.05, 0.1) is 16.4 Å². The second-order valence-electron chi connectivity index (χ2n) is 6.64. The first kappa shape index (κ1) is 16.4. The summed E-state index contributed by atoms with van der Waals surface area (Å²) in [5.41, 5.74) is 7.06. The van der Waals surface area contributed by atoms with E-state index >= 15 is 0 Å². The summed E-state index contributed by atoms with van der Waals surface area (Å²) in [7, 11) is 1.90. The molecular weight excluding hydrogens is 334 g/mol. The molecule has 1 N–H and O–H groups in total. The molecule has 3 heterocycles. The van der Waals surface area contributed by atoms with Crippen LogP contribution in [0, 0.1) is 0 Å². The molecule has 0 fully saturated rings. The highest BCUT2D eigenvalue weighted by Gasteiger charge is 2.24. The van der Waals surface area contributed by atoms with Gasteiger partial charge in [-0.3, -0.25) is 14.7 Å². The van der Waals surface area contributed by atoms with Crippen molar-refractivity contribution in [2.24, 2.45) is 7.05 Å². The van der Waals surface area contributed by atoms with E-state index in [-0.39, 0.29) is 0 Å². The van der Waals surface area contributed by atoms with E-state index in [2.05, 4.69) is 51.4 Å². The van der Waals surface area contributed by atoms with Gasteiger partial charge < -0.3 is 0 Å². The second kappa shape index (κ2) is 6.65. The lowest BCUT2D eigenvalue weighted by Gasteiger charge is -2.26. The Hall–Kier alpha value is -2.11. The van der Waals surface area contributed by atoms with Crippen LogP contribution in [0.5, 0.6) is 0 Å². The van der Waals surface area contributed by atoms with Crippen molar-refractivity contribution in [2.75, 3.05) is 6.54 Å². The van der Waals surface area contributed by atoms with Crippen molar-refractivity contribution < 1.29 is 0 Å². The van der Waals surface area contributed by atoms with Crippen LogP contribution >= 0.6 is 11.6 Å². The highest BCUT2D eigenvalue weighted by atomic mass is 35.5. The van der Waals surface area contributed by atoms with Crippen molar-refractivity contribution in [3.63, 3.8) is 0 Å². The number of aryl methyl sites for hydroxylation is 2.